The van der Waals surface area contributed by atoms with Crippen molar-refractivity contribution < 1.29 is 19.1 Å². The van der Waals surface area contributed by atoms with E-state index in [9.17, 15) is 14.0 Å². The molecule has 0 aromatic heterocycles. The maximum absolute atomic E-state index is 12.6. The molecule has 0 aliphatic heterocycles. The van der Waals surface area contributed by atoms with Crippen LogP contribution < -0.4 is 5.32 Å². The van der Waals surface area contributed by atoms with Crippen LogP contribution in [0.1, 0.15) is 18.9 Å². The van der Waals surface area contributed by atoms with Gasteiger partial charge in [-0.15, -0.1) is 0 Å². The van der Waals surface area contributed by atoms with Crippen LogP contribution in [0, 0.1) is 5.82 Å². The summed E-state index contributed by atoms with van der Waals surface area (Å²) in [6.45, 7) is 1.40. The van der Waals surface area contributed by atoms with E-state index in [1.54, 1.807) is 12.1 Å². The van der Waals surface area contributed by atoms with E-state index < -0.39 is 12.0 Å². The molecule has 0 radical (unpaired) electrons. The zero-order chi connectivity index (χ0) is 12.8. The van der Waals surface area contributed by atoms with Crippen molar-refractivity contribution >= 4 is 11.9 Å². The molecule has 0 heterocycles. The highest BCUT2D eigenvalue weighted by atomic mass is 19.1. The van der Waals surface area contributed by atoms with Gasteiger partial charge in [0.1, 0.15) is 11.9 Å². The number of benzene rings is 1. The molecular formula is C12H14FNO3. The van der Waals surface area contributed by atoms with Crippen molar-refractivity contribution in [1.29, 1.82) is 0 Å². The van der Waals surface area contributed by atoms with Crippen molar-refractivity contribution in [2.45, 2.75) is 25.8 Å². The van der Waals surface area contributed by atoms with Gasteiger partial charge < -0.3 is 10.4 Å². The summed E-state index contributed by atoms with van der Waals surface area (Å²) in [6, 6.07) is 4.96. The van der Waals surface area contributed by atoms with Crippen LogP contribution in [-0.2, 0) is 16.0 Å². The lowest BCUT2D eigenvalue weighted by atomic mass is 10.1. The number of carbonyl (C=O) groups excluding carboxylic acids is 1. The molecule has 0 saturated heterocycles. The van der Waals surface area contributed by atoms with Crippen LogP contribution in [0.5, 0.6) is 0 Å². The number of carboxylic acids is 1. The number of rotatable bonds is 5. The number of carbonyl (C=O) groups is 2. The second-order valence-corrected chi connectivity index (χ2v) is 3.75. The van der Waals surface area contributed by atoms with E-state index in [0.29, 0.717) is 6.42 Å². The Morgan fingerprint density at radius 1 is 1.35 bits per heavy atom. The first kappa shape index (κ1) is 13.2. The predicted molar refractivity (Wildman–Crippen MR) is 60.0 cm³/mol. The fraction of sp³-hybridized carbons (Fsp3) is 0.333. The van der Waals surface area contributed by atoms with Crippen LogP contribution in [0.3, 0.4) is 0 Å². The molecule has 0 saturated carbocycles. The second kappa shape index (κ2) is 5.98. The molecule has 1 aromatic rings. The zero-order valence-electron chi connectivity index (χ0n) is 9.44. The molecule has 4 nitrogen and oxygen atoms in total. The van der Waals surface area contributed by atoms with Crippen LogP contribution in [0.4, 0.5) is 4.39 Å². The lowest BCUT2D eigenvalue weighted by Gasteiger charge is -2.08. The average Bonchev–Trinajstić information content (AvgIpc) is 2.28. The molecule has 17 heavy (non-hydrogen) atoms. The van der Waals surface area contributed by atoms with Gasteiger partial charge in [-0.1, -0.05) is 12.1 Å². The summed E-state index contributed by atoms with van der Waals surface area (Å²) in [6.07, 6.45) is 0.641. The minimum atomic E-state index is -1.07. The van der Waals surface area contributed by atoms with Crippen molar-refractivity contribution in [3.63, 3.8) is 0 Å². The van der Waals surface area contributed by atoms with E-state index in [1.807, 2.05) is 0 Å². The van der Waals surface area contributed by atoms with Crippen LogP contribution >= 0.6 is 0 Å². The Labute approximate surface area is 98.5 Å². The van der Waals surface area contributed by atoms with E-state index in [-0.39, 0.29) is 18.1 Å². The molecule has 92 valence electrons. The van der Waals surface area contributed by atoms with E-state index in [1.165, 1.54) is 19.1 Å². The Kier molecular flexibility index (Phi) is 4.63. The van der Waals surface area contributed by atoms with Gasteiger partial charge in [0, 0.05) is 6.42 Å². The van der Waals surface area contributed by atoms with Gasteiger partial charge in [-0.05, 0) is 31.0 Å². The number of amides is 1. The fourth-order valence-corrected chi connectivity index (χ4v) is 1.28. The largest absolute Gasteiger partial charge is 0.480 e. The quantitative estimate of drug-likeness (QED) is 0.815. The number of halogens is 1. The van der Waals surface area contributed by atoms with E-state index in [0.717, 1.165) is 5.56 Å². The van der Waals surface area contributed by atoms with E-state index >= 15 is 0 Å². The van der Waals surface area contributed by atoms with Gasteiger partial charge in [-0.25, -0.2) is 4.39 Å². The third-order valence-electron chi connectivity index (χ3n) is 2.30. The Bertz CT molecular complexity index is 403. The molecule has 0 bridgehead atoms. The smallest absolute Gasteiger partial charge is 0.325 e. The number of carboxylic acid groups (broad SMARTS) is 1. The number of hydrogen-bond acceptors (Lipinski definition) is 2. The third kappa shape index (κ3) is 4.63. The first-order chi connectivity index (χ1) is 7.99. The molecule has 0 unspecified atom stereocenters. The molecule has 5 heteroatoms. The standard InChI is InChI=1S/C12H14FNO3/c1-8(12(16)17)14-11(15)7-4-9-2-5-10(13)6-3-9/h2-3,5-6,8H,4,7H2,1H3,(H,14,15)(H,16,17)/t8-/m0/s1. The number of nitrogens with one attached hydrogen (secondary N) is 1. The Morgan fingerprint density at radius 2 is 1.94 bits per heavy atom. The summed E-state index contributed by atoms with van der Waals surface area (Å²) in [4.78, 5) is 21.8. The summed E-state index contributed by atoms with van der Waals surface area (Å²) >= 11 is 0. The van der Waals surface area contributed by atoms with Gasteiger partial charge in [0.15, 0.2) is 0 Å². The molecular weight excluding hydrogens is 225 g/mol. The molecule has 0 aliphatic carbocycles. The maximum atomic E-state index is 12.6. The Balaban J connectivity index is 2.38. The van der Waals surface area contributed by atoms with Gasteiger partial charge in [-0.3, -0.25) is 9.59 Å². The highest BCUT2D eigenvalue weighted by Gasteiger charge is 2.13. The number of hydrogen-bond donors (Lipinski definition) is 2. The van der Waals surface area contributed by atoms with Gasteiger partial charge in [0.25, 0.3) is 0 Å². The maximum Gasteiger partial charge on any atom is 0.325 e. The summed E-state index contributed by atoms with van der Waals surface area (Å²) in [5, 5.41) is 10.9. The van der Waals surface area contributed by atoms with E-state index in [4.69, 9.17) is 5.11 Å². The average molecular weight is 239 g/mol. The SMILES string of the molecule is C[C@H](NC(=O)CCc1ccc(F)cc1)C(=O)O. The highest BCUT2D eigenvalue weighted by molar-refractivity contribution is 5.83. The molecule has 0 aliphatic rings. The lowest BCUT2D eigenvalue weighted by molar-refractivity contribution is -0.141. The first-order valence-electron chi connectivity index (χ1n) is 5.25. The van der Waals surface area contributed by atoms with Crippen LogP contribution in [-0.4, -0.2) is 23.0 Å². The van der Waals surface area contributed by atoms with Crippen molar-refractivity contribution in [3.8, 4) is 0 Å². The van der Waals surface area contributed by atoms with Crippen molar-refractivity contribution in [2.24, 2.45) is 0 Å². The summed E-state index contributed by atoms with van der Waals surface area (Å²) in [7, 11) is 0. The topological polar surface area (TPSA) is 66.4 Å². The second-order valence-electron chi connectivity index (χ2n) is 3.75. The molecule has 1 amide bonds. The van der Waals surface area contributed by atoms with Gasteiger partial charge in [0.2, 0.25) is 5.91 Å². The zero-order valence-corrected chi connectivity index (χ0v) is 9.44. The minimum Gasteiger partial charge on any atom is -0.480 e. The van der Waals surface area contributed by atoms with E-state index in [2.05, 4.69) is 5.32 Å². The Morgan fingerprint density at radius 3 is 2.47 bits per heavy atom. The van der Waals surface area contributed by atoms with Crippen LogP contribution in [0.2, 0.25) is 0 Å². The van der Waals surface area contributed by atoms with Crippen molar-refractivity contribution in [2.75, 3.05) is 0 Å². The monoisotopic (exact) mass is 239 g/mol. The molecule has 0 fully saturated rings. The van der Waals surface area contributed by atoms with Crippen LogP contribution in [0.15, 0.2) is 24.3 Å². The normalized spacial score (nSPS) is 11.9. The number of aliphatic carboxylic acids is 1. The third-order valence-corrected chi connectivity index (χ3v) is 2.30. The molecule has 1 rings (SSSR count). The Hall–Kier alpha value is -1.91. The predicted octanol–water partition coefficient (Wildman–Crippen LogP) is 1.35. The molecule has 2 N–H and O–H groups in total. The minimum absolute atomic E-state index is 0.184. The highest BCUT2D eigenvalue weighted by Crippen LogP contribution is 2.05. The van der Waals surface area contributed by atoms with Crippen molar-refractivity contribution in [1.82, 2.24) is 5.32 Å². The van der Waals surface area contributed by atoms with Gasteiger partial charge >= 0.3 is 5.97 Å². The fourth-order valence-electron chi connectivity index (χ4n) is 1.28. The number of aryl methyl sites for hydroxylation is 1. The summed E-state index contributed by atoms with van der Waals surface area (Å²) in [5.74, 6) is -1.72. The summed E-state index contributed by atoms with van der Waals surface area (Å²) in [5.41, 5.74) is 0.838. The van der Waals surface area contributed by atoms with Gasteiger partial charge in [-0.2, -0.15) is 0 Å². The molecule has 0 spiro atoms. The van der Waals surface area contributed by atoms with Gasteiger partial charge in [0.05, 0.1) is 0 Å². The van der Waals surface area contributed by atoms with Crippen molar-refractivity contribution in [3.05, 3.63) is 35.6 Å². The lowest BCUT2D eigenvalue weighted by Crippen LogP contribution is -2.38. The summed E-state index contributed by atoms with van der Waals surface area (Å²) < 4.78 is 12.6. The molecule has 1 atom stereocenters. The first-order valence-corrected chi connectivity index (χ1v) is 5.25. The molecule has 1 aromatic carbocycles. The van der Waals surface area contributed by atoms with Crippen LogP contribution in [0.25, 0.3) is 0 Å².